The standard InChI is InChI=1S/C11H14N4O2/c1-7(2)8-6-9(17-14-8)10(16)13-11-12-4-5-15(11)3/h4-7H,1-3H3,(H,12,13,16). The maximum absolute atomic E-state index is 11.8. The van der Waals surface area contributed by atoms with Gasteiger partial charge in [0.15, 0.2) is 0 Å². The molecule has 6 nitrogen and oxygen atoms in total. The van der Waals surface area contributed by atoms with Gasteiger partial charge in [0.1, 0.15) is 0 Å². The first-order valence-electron chi connectivity index (χ1n) is 5.33. The van der Waals surface area contributed by atoms with Crippen LogP contribution in [0.5, 0.6) is 0 Å². The van der Waals surface area contributed by atoms with Gasteiger partial charge in [0.25, 0.3) is 5.91 Å². The zero-order valence-electron chi connectivity index (χ0n) is 9.97. The van der Waals surface area contributed by atoms with Gasteiger partial charge in [-0.25, -0.2) is 4.98 Å². The van der Waals surface area contributed by atoms with Crippen LogP contribution in [0.1, 0.15) is 36.0 Å². The lowest BCUT2D eigenvalue weighted by Gasteiger charge is -2.01. The van der Waals surface area contributed by atoms with Gasteiger partial charge < -0.3 is 9.09 Å². The molecule has 0 atom stereocenters. The van der Waals surface area contributed by atoms with Crippen LogP contribution in [0.15, 0.2) is 23.0 Å². The molecule has 2 aromatic heterocycles. The number of nitrogens with one attached hydrogen (secondary N) is 1. The third-order valence-corrected chi connectivity index (χ3v) is 2.39. The van der Waals surface area contributed by atoms with E-state index in [1.165, 1.54) is 0 Å². The maximum atomic E-state index is 11.8. The topological polar surface area (TPSA) is 73.0 Å². The zero-order valence-corrected chi connectivity index (χ0v) is 9.97. The minimum Gasteiger partial charge on any atom is -0.351 e. The summed E-state index contributed by atoms with van der Waals surface area (Å²) in [5.74, 6) is 0.543. The van der Waals surface area contributed by atoms with Crippen molar-refractivity contribution < 1.29 is 9.32 Å². The molecule has 2 heterocycles. The van der Waals surface area contributed by atoms with E-state index < -0.39 is 0 Å². The first-order valence-corrected chi connectivity index (χ1v) is 5.33. The lowest BCUT2D eigenvalue weighted by atomic mass is 10.1. The lowest BCUT2D eigenvalue weighted by molar-refractivity contribution is 0.0986. The molecule has 0 spiro atoms. The van der Waals surface area contributed by atoms with Crippen LogP contribution >= 0.6 is 0 Å². The molecular weight excluding hydrogens is 220 g/mol. The van der Waals surface area contributed by atoms with Gasteiger partial charge in [0.2, 0.25) is 11.7 Å². The van der Waals surface area contributed by atoms with Gasteiger partial charge >= 0.3 is 0 Å². The van der Waals surface area contributed by atoms with Gasteiger partial charge in [0, 0.05) is 25.5 Å². The largest absolute Gasteiger partial charge is 0.351 e. The number of hydrogen-bond donors (Lipinski definition) is 1. The molecule has 1 amide bonds. The summed E-state index contributed by atoms with van der Waals surface area (Å²) in [7, 11) is 1.79. The lowest BCUT2D eigenvalue weighted by Crippen LogP contribution is -2.14. The molecule has 17 heavy (non-hydrogen) atoms. The van der Waals surface area contributed by atoms with Crippen molar-refractivity contribution in [2.75, 3.05) is 5.32 Å². The highest BCUT2D eigenvalue weighted by molar-refractivity contribution is 6.01. The summed E-state index contributed by atoms with van der Waals surface area (Å²) in [6.07, 6.45) is 3.35. The molecule has 1 N–H and O–H groups in total. The van der Waals surface area contributed by atoms with E-state index in [9.17, 15) is 4.79 Å². The van der Waals surface area contributed by atoms with Crippen LogP contribution in [-0.4, -0.2) is 20.6 Å². The number of carbonyl (C=O) groups excluding carboxylic acids is 1. The number of rotatable bonds is 3. The smallest absolute Gasteiger partial charge is 0.296 e. The Morgan fingerprint density at radius 2 is 2.29 bits per heavy atom. The van der Waals surface area contributed by atoms with Crippen molar-refractivity contribution in [3.05, 3.63) is 29.9 Å². The number of carbonyl (C=O) groups is 1. The summed E-state index contributed by atoms with van der Waals surface area (Å²) < 4.78 is 6.68. The maximum Gasteiger partial charge on any atom is 0.296 e. The molecule has 0 radical (unpaired) electrons. The molecule has 0 saturated carbocycles. The average molecular weight is 234 g/mol. The Morgan fingerprint density at radius 1 is 1.53 bits per heavy atom. The predicted molar refractivity (Wildman–Crippen MR) is 61.8 cm³/mol. The Labute approximate surface area is 98.6 Å². The number of imidazole rings is 1. The van der Waals surface area contributed by atoms with Crippen LogP contribution in [0.25, 0.3) is 0 Å². The van der Waals surface area contributed by atoms with Crippen molar-refractivity contribution in [3.8, 4) is 0 Å². The fraction of sp³-hybridized carbons (Fsp3) is 0.364. The van der Waals surface area contributed by atoms with Crippen LogP contribution in [0.4, 0.5) is 5.95 Å². The molecule has 0 unspecified atom stereocenters. The van der Waals surface area contributed by atoms with Crippen LogP contribution in [0.3, 0.4) is 0 Å². The third kappa shape index (κ3) is 2.35. The molecule has 0 saturated heterocycles. The minimum absolute atomic E-state index is 0.191. The second-order valence-electron chi connectivity index (χ2n) is 4.09. The highest BCUT2D eigenvalue weighted by Crippen LogP contribution is 2.14. The number of amides is 1. The van der Waals surface area contributed by atoms with Crippen molar-refractivity contribution in [3.63, 3.8) is 0 Å². The Kier molecular flexibility index (Phi) is 2.95. The Bertz CT molecular complexity index is 527. The van der Waals surface area contributed by atoms with Crippen molar-refractivity contribution in [2.24, 2.45) is 7.05 Å². The van der Waals surface area contributed by atoms with E-state index >= 15 is 0 Å². The van der Waals surface area contributed by atoms with E-state index in [-0.39, 0.29) is 17.6 Å². The van der Waals surface area contributed by atoms with E-state index in [1.54, 1.807) is 30.1 Å². The normalized spacial score (nSPS) is 10.8. The second-order valence-corrected chi connectivity index (χ2v) is 4.09. The second kappa shape index (κ2) is 4.40. The Morgan fingerprint density at radius 3 is 2.82 bits per heavy atom. The van der Waals surface area contributed by atoms with E-state index in [2.05, 4.69) is 15.5 Å². The van der Waals surface area contributed by atoms with Crippen molar-refractivity contribution in [2.45, 2.75) is 19.8 Å². The van der Waals surface area contributed by atoms with Gasteiger partial charge in [-0.1, -0.05) is 19.0 Å². The number of aryl methyl sites for hydroxylation is 1. The van der Waals surface area contributed by atoms with Gasteiger partial charge in [0.05, 0.1) is 5.69 Å². The average Bonchev–Trinajstić information content (AvgIpc) is 2.88. The molecule has 2 rings (SSSR count). The van der Waals surface area contributed by atoms with Gasteiger partial charge in [-0.2, -0.15) is 0 Å². The van der Waals surface area contributed by atoms with Gasteiger partial charge in [-0.3, -0.25) is 10.1 Å². The summed E-state index contributed by atoms with van der Waals surface area (Å²) >= 11 is 0. The molecule has 0 bridgehead atoms. The van der Waals surface area contributed by atoms with Crippen LogP contribution in [0.2, 0.25) is 0 Å². The number of anilines is 1. The van der Waals surface area contributed by atoms with E-state index in [1.807, 2.05) is 13.8 Å². The van der Waals surface area contributed by atoms with E-state index in [0.717, 1.165) is 5.69 Å². The predicted octanol–water partition coefficient (Wildman–Crippen LogP) is 1.78. The van der Waals surface area contributed by atoms with Crippen LogP contribution in [-0.2, 0) is 7.05 Å². The summed E-state index contributed by atoms with van der Waals surface area (Å²) in [5, 5.41) is 6.46. The van der Waals surface area contributed by atoms with Gasteiger partial charge in [-0.05, 0) is 5.92 Å². The molecule has 0 aliphatic rings. The first kappa shape index (κ1) is 11.4. The molecular formula is C11H14N4O2. The molecule has 0 aliphatic carbocycles. The van der Waals surface area contributed by atoms with Crippen molar-refractivity contribution in [1.82, 2.24) is 14.7 Å². The fourth-order valence-corrected chi connectivity index (χ4v) is 1.32. The third-order valence-electron chi connectivity index (χ3n) is 2.39. The summed E-state index contributed by atoms with van der Waals surface area (Å²) in [4.78, 5) is 15.8. The SMILES string of the molecule is CC(C)c1cc(C(=O)Nc2nccn2C)on1. The Hall–Kier alpha value is -2.11. The number of aromatic nitrogens is 3. The molecule has 0 fully saturated rings. The fourth-order valence-electron chi connectivity index (χ4n) is 1.32. The summed E-state index contributed by atoms with van der Waals surface area (Å²) in [6, 6.07) is 1.64. The molecule has 0 aliphatic heterocycles. The van der Waals surface area contributed by atoms with E-state index in [4.69, 9.17) is 4.52 Å². The number of hydrogen-bond acceptors (Lipinski definition) is 4. The number of nitrogens with zero attached hydrogens (tertiary/aromatic N) is 3. The monoisotopic (exact) mass is 234 g/mol. The molecule has 0 aromatic carbocycles. The van der Waals surface area contributed by atoms with Gasteiger partial charge in [-0.15, -0.1) is 0 Å². The first-order chi connectivity index (χ1) is 8.08. The van der Waals surface area contributed by atoms with Crippen LogP contribution in [0, 0.1) is 0 Å². The Balaban J connectivity index is 2.12. The molecule has 6 heteroatoms. The molecule has 90 valence electrons. The van der Waals surface area contributed by atoms with Crippen LogP contribution < -0.4 is 5.32 Å². The molecule has 2 aromatic rings. The zero-order chi connectivity index (χ0) is 12.4. The highest BCUT2D eigenvalue weighted by atomic mass is 16.5. The highest BCUT2D eigenvalue weighted by Gasteiger charge is 2.16. The van der Waals surface area contributed by atoms with Crippen molar-refractivity contribution >= 4 is 11.9 Å². The van der Waals surface area contributed by atoms with Crippen molar-refractivity contribution in [1.29, 1.82) is 0 Å². The summed E-state index contributed by atoms with van der Waals surface area (Å²) in [6.45, 7) is 3.97. The van der Waals surface area contributed by atoms with E-state index in [0.29, 0.717) is 5.95 Å². The quantitative estimate of drug-likeness (QED) is 0.878. The minimum atomic E-state index is -0.348. The summed E-state index contributed by atoms with van der Waals surface area (Å²) in [5.41, 5.74) is 0.759.